The molecule has 2 heteroatoms. The van der Waals surface area contributed by atoms with Crippen molar-refractivity contribution in [2.24, 2.45) is 5.41 Å². The molecule has 1 atom stereocenters. The second-order valence-corrected chi connectivity index (χ2v) is 5.66. The molecule has 0 aliphatic heterocycles. The maximum Gasteiger partial charge on any atom is 0.135 e. The number of rotatable bonds is 1. The van der Waals surface area contributed by atoms with Gasteiger partial charge in [0.05, 0.1) is 11.5 Å². The van der Waals surface area contributed by atoms with Gasteiger partial charge in [0.25, 0.3) is 0 Å². The van der Waals surface area contributed by atoms with Crippen LogP contribution in [0.3, 0.4) is 0 Å². The van der Waals surface area contributed by atoms with Gasteiger partial charge in [0.1, 0.15) is 5.78 Å². The molecule has 0 spiro atoms. The summed E-state index contributed by atoms with van der Waals surface area (Å²) in [6, 6.07) is 10.4. The number of Topliss-reactive ketones (excluding diaryl/α,β-unsaturated/α-hetero) is 1. The number of nitriles is 1. The van der Waals surface area contributed by atoms with Gasteiger partial charge < -0.3 is 0 Å². The van der Waals surface area contributed by atoms with E-state index in [-0.39, 0.29) is 11.2 Å². The van der Waals surface area contributed by atoms with Crippen molar-refractivity contribution < 1.29 is 4.79 Å². The molecule has 0 N–H and O–H groups in total. The zero-order chi connectivity index (χ0) is 12.7. The fraction of sp³-hybridized carbons (Fsp3) is 0.467. The van der Waals surface area contributed by atoms with Crippen LogP contribution in [0.4, 0.5) is 0 Å². The molecule has 1 aromatic carbocycles. The van der Waals surface area contributed by atoms with Gasteiger partial charge in [-0.3, -0.25) is 4.79 Å². The molecule has 17 heavy (non-hydrogen) atoms. The highest BCUT2D eigenvalue weighted by Gasteiger charge is 2.54. The van der Waals surface area contributed by atoms with Crippen LogP contribution in [-0.2, 0) is 10.2 Å². The first kappa shape index (κ1) is 11.9. The van der Waals surface area contributed by atoms with Gasteiger partial charge in [-0.15, -0.1) is 0 Å². The largest absolute Gasteiger partial charge is 0.300 e. The van der Waals surface area contributed by atoms with Crippen molar-refractivity contribution >= 4 is 5.78 Å². The van der Waals surface area contributed by atoms with E-state index in [2.05, 4.69) is 6.07 Å². The predicted octanol–water partition coefficient (Wildman–Crippen LogP) is 3.15. The lowest BCUT2D eigenvalue weighted by atomic mass is 9.65. The highest BCUT2D eigenvalue weighted by Crippen LogP contribution is 2.52. The van der Waals surface area contributed by atoms with E-state index in [0.29, 0.717) is 12.8 Å². The van der Waals surface area contributed by atoms with Crippen LogP contribution in [0, 0.1) is 23.7 Å². The Morgan fingerprint density at radius 1 is 1.18 bits per heavy atom. The average Bonchev–Trinajstić information content (AvgIpc) is 2.49. The number of carbonyl (C=O) groups is 1. The van der Waals surface area contributed by atoms with Crippen molar-refractivity contribution in [2.75, 3.05) is 0 Å². The van der Waals surface area contributed by atoms with E-state index < -0.39 is 5.41 Å². The number of aryl methyl sites for hydroxylation is 1. The molecule has 1 fully saturated rings. The molecule has 1 unspecified atom stereocenters. The zero-order valence-corrected chi connectivity index (χ0v) is 10.6. The quantitative estimate of drug-likeness (QED) is 0.739. The van der Waals surface area contributed by atoms with Crippen molar-refractivity contribution in [2.45, 2.75) is 39.0 Å². The van der Waals surface area contributed by atoms with Gasteiger partial charge in [0.2, 0.25) is 0 Å². The molecule has 1 aliphatic rings. The summed E-state index contributed by atoms with van der Waals surface area (Å²) in [5.74, 6) is 0.192. The van der Waals surface area contributed by atoms with Gasteiger partial charge in [0.15, 0.2) is 0 Å². The first-order valence-electron chi connectivity index (χ1n) is 5.91. The van der Waals surface area contributed by atoms with Gasteiger partial charge in [-0.2, -0.15) is 5.26 Å². The van der Waals surface area contributed by atoms with Crippen LogP contribution in [0.25, 0.3) is 0 Å². The van der Waals surface area contributed by atoms with Gasteiger partial charge in [-0.1, -0.05) is 43.7 Å². The molecule has 2 rings (SSSR count). The number of ketones is 1. The maximum atomic E-state index is 11.7. The molecule has 2 nitrogen and oxygen atoms in total. The number of nitrogens with zero attached hydrogens (tertiary/aromatic N) is 1. The van der Waals surface area contributed by atoms with Crippen LogP contribution in [-0.4, -0.2) is 5.78 Å². The SMILES string of the molecule is Cc1ccc(C2(C#N)CC(=O)CC2(C)C)cc1. The smallest absolute Gasteiger partial charge is 0.135 e. The molecule has 1 aromatic rings. The zero-order valence-electron chi connectivity index (χ0n) is 10.6. The summed E-state index contributed by atoms with van der Waals surface area (Å²) < 4.78 is 0. The summed E-state index contributed by atoms with van der Waals surface area (Å²) in [5.41, 5.74) is 1.21. The van der Waals surface area contributed by atoms with E-state index in [1.54, 1.807) is 0 Å². The first-order valence-corrected chi connectivity index (χ1v) is 5.91. The van der Waals surface area contributed by atoms with Crippen molar-refractivity contribution in [1.82, 2.24) is 0 Å². The number of hydrogen-bond acceptors (Lipinski definition) is 2. The standard InChI is InChI=1S/C15H17NO/c1-11-4-6-12(7-5-11)15(10-16)9-13(17)8-14(15,2)3/h4-7H,8-9H2,1-3H3. The van der Waals surface area contributed by atoms with Crippen LogP contribution < -0.4 is 0 Å². The monoisotopic (exact) mass is 227 g/mol. The molecule has 0 aromatic heterocycles. The Morgan fingerprint density at radius 2 is 1.76 bits per heavy atom. The number of carbonyl (C=O) groups excluding carboxylic acids is 1. The van der Waals surface area contributed by atoms with Crippen LogP contribution in [0.2, 0.25) is 0 Å². The normalized spacial score (nSPS) is 26.8. The van der Waals surface area contributed by atoms with E-state index >= 15 is 0 Å². The topological polar surface area (TPSA) is 40.9 Å². The molecule has 0 bridgehead atoms. The molecular weight excluding hydrogens is 210 g/mol. The third-order valence-electron chi connectivity index (χ3n) is 3.99. The summed E-state index contributed by atoms with van der Waals surface area (Å²) in [4.78, 5) is 11.7. The van der Waals surface area contributed by atoms with E-state index in [9.17, 15) is 10.1 Å². The predicted molar refractivity (Wildman–Crippen MR) is 66.5 cm³/mol. The molecule has 1 aliphatic carbocycles. The number of hydrogen-bond donors (Lipinski definition) is 0. The van der Waals surface area contributed by atoms with E-state index in [1.807, 2.05) is 45.0 Å². The minimum atomic E-state index is -0.655. The summed E-state index contributed by atoms with van der Waals surface area (Å²) in [5, 5.41) is 9.59. The van der Waals surface area contributed by atoms with E-state index in [4.69, 9.17) is 0 Å². The summed E-state index contributed by atoms with van der Waals surface area (Å²) in [6.07, 6.45) is 0.841. The Kier molecular flexibility index (Phi) is 2.58. The highest BCUT2D eigenvalue weighted by molar-refractivity contribution is 5.85. The minimum absolute atomic E-state index is 0.192. The third kappa shape index (κ3) is 1.67. The minimum Gasteiger partial charge on any atom is -0.300 e. The first-order chi connectivity index (χ1) is 7.91. The molecule has 0 amide bonds. The molecule has 0 heterocycles. The van der Waals surface area contributed by atoms with Gasteiger partial charge in [0, 0.05) is 12.8 Å². The summed E-state index contributed by atoms with van der Waals surface area (Å²) >= 11 is 0. The van der Waals surface area contributed by atoms with Crippen LogP contribution in [0.15, 0.2) is 24.3 Å². The summed E-state index contributed by atoms with van der Waals surface area (Å²) in [6.45, 7) is 6.05. The second-order valence-electron chi connectivity index (χ2n) is 5.66. The van der Waals surface area contributed by atoms with Crippen LogP contribution in [0.5, 0.6) is 0 Å². The maximum absolute atomic E-state index is 11.7. The fourth-order valence-corrected chi connectivity index (χ4v) is 2.83. The molecule has 1 saturated carbocycles. The average molecular weight is 227 g/mol. The number of benzene rings is 1. The molecule has 0 saturated heterocycles. The lowest BCUT2D eigenvalue weighted by Crippen LogP contribution is -2.35. The lowest BCUT2D eigenvalue weighted by molar-refractivity contribution is -0.117. The van der Waals surface area contributed by atoms with Crippen LogP contribution >= 0.6 is 0 Å². The van der Waals surface area contributed by atoms with Crippen molar-refractivity contribution in [3.63, 3.8) is 0 Å². The molecular formula is C15H17NO. The van der Waals surface area contributed by atoms with E-state index in [1.165, 1.54) is 5.56 Å². The Morgan fingerprint density at radius 3 is 2.18 bits per heavy atom. The van der Waals surface area contributed by atoms with Crippen molar-refractivity contribution in [1.29, 1.82) is 5.26 Å². The molecule has 88 valence electrons. The Hall–Kier alpha value is -1.62. The molecule has 0 radical (unpaired) electrons. The Balaban J connectivity index is 2.56. The third-order valence-corrected chi connectivity index (χ3v) is 3.99. The second kappa shape index (κ2) is 3.70. The van der Waals surface area contributed by atoms with Crippen molar-refractivity contribution in [3.05, 3.63) is 35.4 Å². The van der Waals surface area contributed by atoms with E-state index in [0.717, 1.165) is 5.56 Å². The van der Waals surface area contributed by atoms with Gasteiger partial charge in [-0.05, 0) is 17.9 Å². The van der Waals surface area contributed by atoms with Crippen LogP contribution in [0.1, 0.15) is 37.8 Å². The highest BCUT2D eigenvalue weighted by atomic mass is 16.1. The lowest BCUT2D eigenvalue weighted by Gasteiger charge is -2.35. The Labute approximate surface area is 102 Å². The fourth-order valence-electron chi connectivity index (χ4n) is 2.83. The summed E-state index contributed by atoms with van der Waals surface area (Å²) in [7, 11) is 0. The Bertz CT molecular complexity index is 493. The van der Waals surface area contributed by atoms with Gasteiger partial charge in [-0.25, -0.2) is 0 Å². The van der Waals surface area contributed by atoms with Gasteiger partial charge >= 0.3 is 0 Å². The van der Waals surface area contributed by atoms with Crippen molar-refractivity contribution in [3.8, 4) is 6.07 Å².